The van der Waals surface area contributed by atoms with Crippen molar-refractivity contribution in [2.75, 3.05) is 33.2 Å². The van der Waals surface area contributed by atoms with Gasteiger partial charge in [-0.25, -0.2) is 0 Å². The van der Waals surface area contributed by atoms with Gasteiger partial charge in [0.1, 0.15) is 0 Å². The van der Waals surface area contributed by atoms with Crippen LogP contribution in [0.2, 0.25) is 0 Å². The number of hydrogen-bond acceptors (Lipinski definition) is 4. The van der Waals surface area contributed by atoms with Crippen molar-refractivity contribution in [1.82, 2.24) is 15.0 Å². The summed E-state index contributed by atoms with van der Waals surface area (Å²) < 4.78 is 5.06. The zero-order valence-corrected chi connectivity index (χ0v) is 7.94. The van der Waals surface area contributed by atoms with Crippen LogP contribution in [0.25, 0.3) is 0 Å². The Labute approximate surface area is 78.1 Å². The lowest BCUT2D eigenvalue weighted by Gasteiger charge is -2.31. The number of aromatic nitrogens is 1. The molecule has 0 radical (unpaired) electrons. The molecule has 0 saturated carbocycles. The highest BCUT2D eigenvalue weighted by Gasteiger charge is 2.14. The monoisotopic (exact) mass is 181 g/mol. The third-order valence-corrected chi connectivity index (χ3v) is 2.47. The fourth-order valence-electron chi connectivity index (χ4n) is 1.55. The first-order valence-electron chi connectivity index (χ1n) is 4.65. The topological polar surface area (TPSA) is 32.5 Å². The van der Waals surface area contributed by atoms with Crippen molar-refractivity contribution in [3.05, 3.63) is 18.0 Å². The van der Waals surface area contributed by atoms with E-state index in [9.17, 15) is 0 Å². The van der Waals surface area contributed by atoms with Gasteiger partial charge in [-0.15, -0.1) is 0 Å². The van der Waals surface area contributed by atoms with E-state index in [1.165, 1.54) is 0 Å². The molecule has 13 heavy (non-hydrogen) atoms. The van der Waals surface area contributed by atoms with E-state index in [2.05, 4.69) is 22.0 Å². The molecule has 0 N–H and O–H groups in total. The first-order valence-corrected chi connectivity index (χ1v) is 4.65. The summed E-state index contributed by atoms with van der Waals surface area (Å²) >= 11 is 0. The van der Waals surface area contributed by atoms with E-state index in [0.717, 1.165) is 38.5 Å². The van der Waals surface area contributed by atoms with E-state index in [4.69, 9.17) is 4.52 Å². The van der Waals surface area contributed by atoms with Crippen LogP contribution in [0.15, 0.2) is 16.8 Å². The maximum Gasteiger partial charge on any atom is 0.150 e. The van der Waals surface area contributed by atoms with Gasteiger partial charge in [-0.3, -0.25) is 4.90 Å². The maximum atomic E-state index is 5.06. The molecule has 2 heterocycles. The number of rotatable bonds is 2. The molecule has 0 bridgehead atoms. The molecule has 0 aromatic carbocycles. The minimum absolute atomic E-state index is 0.897. The van der Waals surface area contributed by atoms with Gasteiger partial charge in [-0.1, -0.05) is 5.16 Å². The summed E-state index contributed by atoms with van der Waals surface area (Å²) in [6.45, 7) is 5.44. The van der Waals surface area contributed by atoms with Gasteiger partial charge in [0.2, 0.25) is 0 Å². The highest BCUT2D eigenvalue weighted by molar-refractivity contribution is 4.93. The Hall–Kier alpha value is -0.870. The first kappa shape index (κ1) is 8.72. The van der Waals surface area contributed by atoms with Gasteiger partial charge in [-0.05, 0) is 7.05 Å². The fraction of sp³-hybridized carbons (Fsp3) is 0.667. The van der Waals surface area contributed by atoms with Gasteiger partial charge < -0.3 is 9.42 Å². The van der Waals surface area contributed by atoms with Crippen molar-refractivity contribution in [3.63, 3.8) is 0 Å². The van der Waals surface area contributed by atoms with Gasteiger partial charge >= 0.3 is 0 Å². The van der Waals surface area contributed by atoms with Crippen LogP contribution >= 0.6 is 0 Å². The van der Waals surface area contributed by atoms with Crippen molar-refractivity contribution in [1.29, 1.82) is 0 Å². The second-order valence-electron chi connectivity index (χ2n) is 3.56. The molecule has 72 valence electrons. The zero-order valence-electron chi connectivity index (χ0n) is 7.94. The van der Waals surface area contributed by atoms with Crippen molar-refractivity contribution in [2.45, 2.75) is 6.54 Å². The Morgan fingerprint density at radius 2 is 2.15 bits per heavy atom. The minimum atomic E-state index is 0.897. The molecule has 0 aliphatic carbocycles. The molecule has 1 fully saturated rings. The van der Waals surface area contributed by atoms with Crippen LogP contribution in [0, 0.1) is 0 Å². The van der Waals surface area contributed by atoms with E-state index in [1.807, 2.05) is 6.07 Å². The normalized spacial score (nSPS) is 20.7. The average molecular weight is 181 g/mol. The van der Waals surface area contributed by atoms with E-state index < -0.39 is 0 Å². The molecule has 0 spiro atoms. The van der Waals surface area contributed by atoms with Crippen LogP contribution in [-0.2, 0) is 6.54 Å². The Morgan fingerprint density at radius 1 is 1.38 bits per heavy atom. The summed E-state index contributed by atoms with van der Waals surface area (Å²) in [6, 6.07) is 1.93. The molecular weight excluding hydrogens is 166 g/mol. The summed E-state index contributed by atoms with van der Waals surface area (Å²) in [4.78, 5) is 4.73. The SMILES string of the molecule is CN1CCN(Cc2ccno2)CC1. The lowest BCUT2D eigenvalue weighted by Crippen LogP contribution is -2.43. The summed E-state index contributed by atoms with van der Waals surface area (Å²) in [5.41, 5.74) is 0. The van der Waals surface area contributed by atoms with Crippen LogP contribution in [0.1, 0.15) is 5.76 Å². The Balaban J connectivity index is 1.83. The molecule has 0 atom stereocenters. The number of piperazine rings is 1. The third-order valence-electron chi connectivity index (χ3n) is 2.47. The summed E-state index contributed by atoms with van der Waals surface area (Å²) in [6.07, 6.45) is 1.70. The molecule has 1 aromatic heterocycles. The van der Waals surface area contributed by atoms with Crippen molar-refractivity contribution < 1.29 is 4.52 Å². The predicted octanol–water partition coefficient (Wildman–Crippen LogP) is 0.422. The number of hydrogen-bond donors (Lipinski definition) is 0. The molecule has 1 aromatic rings. The summed E-state index contributed by atoms with van der Waals surface area (Å²) in [5, 5.41) is 3.69. The lowest BCUT2D eigenvalue weighted by atomic mass is 10.3. The van der Waals surface area contributed by atoms with E-state index in [1.54, 1.807) is 6.20 Å². The number of nitrogens with zero attached hydrogens (tertiary/aromatic N) is 3. The van der Waals surface area contributed by atoms with Crippen molar-refractivity contribution >= 4 is 0 Å². The van der Waals surface area contributed by atoms with Crippen molar-refractivity contribution in [3.8, 4) is 0 Å². The van der Waals surface area contributed by atoms with Crippen LogP contribution in [0.3, 0.4) is 0 Å². The van der Waals surface area contributed by atoms with Gasteiger partial charge in [0, 0.05) is 32.2 Å². The highest BCUT2D eigenvalue weighted by Crippen LogP contribution is 2.06. The standard InChI is InChI=1S/C9H15N3O/c1-11-4-6-12(7-5-11)8-9-2-3-10-13-9/h2-3H,4-8H2,1H3. The van der Waals surface area contributed by atoms with Crippen LogP contribution < -0.4 is 0 Å². The van der Waals surface area contributed by atoms with Crippen LogP contribution in [0.4, 0.5) is 0 Å². The molecule has 1 aliphatic heterocycles. The molecule has 4 nitrogen and oxygen atoms in total. The Bertz CT molecular complexity index is 239. The fourth-order valence-corrected chi connectivity index (χ4v) is 1.55. The zero-order chi connectivity index (χ0) is 9.10. The molecule has 1 aliphatic rings. The van der Waals surface area contributed by atoms with Gasteiger partial charge in [0.25, 0.3) is 0 Å². The van der Waals surface area contributed by atoms with Gasteiger partial charge in [0.05, 0.1) is 12.7 Å². The van der Waals surface area contributed by atoms with Gasteiger partial charge in [-0.2, -0.15) is 0 Å². The maximum absolute atomic E-state index is 5.06. The third kappa shape index (κ3) is 2.29. The molecule has 1 saturated heterocycles. The predicted molar refractivity (Wildman–Crippen MR) is 49.3 cm³/mol. The van der Waals surface area contributed by atoms with E-state index in [-0.39, 0.29) is 0 Å². The number of likely N-dealkylation sites (N-methyl/N-ethyl adjacent to an activating group) is 1. The van der Waals surface area contributed by atoms with Crippen molar-refractivity contribution in [2.24, 2.45) is 0 Å². The summed E-state index contributed by atoms with van der Waals surface area (Å²) in [5.74, 6) is 0.963. The van der Waals surface area contributed by atoms with E-state index >= 15 is 0 Å². The second-order valence-corrected chi connectivity index (χ2v) is 3.56. The lowest BCUT2D eigenvalue weighted by molar-refractivity contribution is 0.137. The van der Waals surface area contributed by atoms with Gasteiger partial charge in [0.15, 0.2) is 5.76 Å². The molecule has 2 rings (SSSR count). The average Bonchev–Trinajstić information content (AvgIpc) is 2.62. The molecule has 4 heteroatoms. The van der Waals surface area contributed by atoms with E-state index in [0.29, 0.717) is 0 Å². The first-order chi connectivity index (χ1) is 6.34. The second kappa shape index (κ2) is 3.89. The molecule has 0 unspecified atom stereocenters. The Morgan fingerprint density at radius 3 is 2.77 bits per heavy atom. The Kier molecular flexibility index (Phi) is 2.61. The quantitative estimate of drug-likeness (QED) is 0.662. The minimum Gasteiger partial charge on any atom is -0.360 e. The highest BCUT2D eigenvalue weighted by atomic mass is 16.5. The van der Waals surface area contributed by atoms with Crippen LogP contribution in [0.5, 0.6) is 0 Å². The molecular formula is C9H15N3O. The smallest absolute Gasteiger partial charge is 0.150 e. The molecule has 0 amide bonds. The largest absolute Gasteiger partial charge is 0.360 e. The van der Waals surface area contributed by atoms with Crippen LogP contribution in [-0.4, -0.2) is 48.2 Å². The summed E-state index contributed by atoms with van der Waals surface area (Å²) in [7, 11) is 2.16.